The van der Waals surface area contributed by atoms with Gasteiger partial charge in [-0.3, -0.25) is 9.59 Å². The summed E-state index contributed by atoms with van der Waals surface area (Å²) < 4.78 is 27.0. The summed E-state index contributed by atoms with van der Waals surface area (Å²) in [5.74, 6) is -1.62. The highest BCUT2D eigenvalue weighted by molar-refractivity contribution is 7.89. The number of primary amides is 1. The molecule has 8 nitrogen and oxygen atoms in total. The summed E-state index contributed by atoms with van der Waals surface area (Å²) in [6, 6.07) is 12.4. The molecular weight excluding hydrogens is 382 g/mol. The average Bonchev–Trinajstić information content (AvgIpc) is 2.66. The summed E-state index contributed by atoms with van der Waals surface area (Å²) in [4.78, 5) is 24.1. The number of hydrogen-bond donors (Lipinski definition) is 4. The summed E-state index contributed by atoms with van der Waals surface area (Å²) >= 11 is 0. The van der Waals surface area contributed by atoms with E-state index in [0.29, 0.717) is 0 Å². The summed E-state index contributed by atoms with van der Waals surface area (Å²) in [6.45, 7) is 1.03. The van der Waals surface area contributed by atoms with E-state index < -0.39 is 40.5 Å². The van der Waals surface area contributed by atoms with Gasteiger partial charge in [0, 0.05) is 6.42 Å². The van der Waals surface area contributed by atoms with Gasteiger partial charge in [0.2, 0.25) is 21.8 Å². The molecule has 28 heavy (non-hydrogen) atoms. The van der Waals surface area contributed by atoms with Gasteiger partial charge >= 0.3 is 0 Å². The number of nitrogens with two attached hydrogens (primary N) is 1. The van der Waals surface area contributed by atoms with Crippen molar-refractivity contribution in [3.05, 3.63) is 65.7 Å². The Labute approximate surface area is 163 Å². The van der Waals surface area contributed by atoms with Crippen molar-refractivity contribution in [3.8, 4) is 0 Å². The third-order valence-corrected chi connectivity index (χ3v) is 5.56. The first-order valence-corrected chi connectivity index (χ1v) is 10.0. The van der Waals surface area contributed by atoms with Crippen LogP contribution in [0, 0.1) is 6.92 Å². The Morgan fingerprint density at radius 1 is 1.04 bits per heavy atom. The van der Waals surface area contributed by atoms with E-state index in [2.05, 4.69) is 10.0 Å². The zero-order valence-corrected chi connectivity index (χ0v) is 16.1. The molecular formula is C19H23N3O5S. The zero-order chi connectivity index (χ0) is 20.7. The highest BCUT2D eigenvalue weighted by atomic mass is 32.2. The molecule has 0 aliphatic carbocycles. The number of aliphatic hydroxyl groups is 1. The molecule has 0 unspecified atom stereocenters. The standard InChI is InChI=1S/C19H23N3O5S/c1-13-7-9-15(10-8-13)28(26,27)22-17(12-23)19(25)21-16(18(20)24)11-14-5-3-2-4-6-14/h2-10,16-17,22-23H,11-12H2,1H3,(H2,20,24)(H,21,25)/t16-,17-/m0/s1. The van der Waals surface area contributed by atoms with E-state index in [1.807, 2.05) is 13.0 Å². The van der Waals surface area contributed by atoms with Gasteiger partial charge in [-0.1, -0.05) is 48.0 Å². The monoisotopic (exact) mass is 405 g/mol. The van der Waals surface area contributed by atoms with Crippen LogP contribution in [0.25, 0.3) is 0 Å². The van der Waals surface area contributed by atoms with Gasteiger partial charge < -0.3 is 16.2 Å². The summed E-state index contributed by atoms with van der Waals surface area (Å²) in [6.07, 6.45) is 0.144. The highest BCUT2D eigenvalue weighted by Gasteiger charge is 2.28. The van der Waals surface area contributed by atoms with Crippen LogP contribution < -0.4 is 15.8 Å². The molecule has 0 spiro atoms. The topological polar surface area (TPSA) is 139 Å². The number of aryl methyl sites for hydroxylation is 1. The third-order valence-electron chi connectivity index (χ3n) is 4.07. The van der Waals surface area contributed by atoms with Crippen molar-refractivity contribution in [1.82, 2.24) is 10.0 Å². The number of aliphatic hydroxyl groups excluding tert-OH is 1. The second-order valence-corrected chi connectivity index (χ2v) is 8.04. The Morgan fingerprint density at radius 3 is 2.18 bits per heavy atom. The van der Waals surface area contributed by atoms with Crippen LogP contribution in [0.4, 0.5) is 0 Å². The van der Waals surface area contributed by atoms with Crippen molar-refractivity contribution in [1.29, 1.82) is 0 Å². The molecule has 150 valence electrons. The van der Waals surface area contributed by atoms with Gasteiger partial charge in [0.15, 0.2) is 0 Å². The van der Waals surface area contributed by atoms with E-state index in [1.165, 1.54) is 12.1 Å². The maximum Gasteiger partial charge on any atom is 0.241 e. The molecule has 9 heteroatoms. The molecule has 0 aromatic heterocycles. The Hall–Kier alpha value is -2.75. The number of hydrogen-bond acceptors (Lipinski definition) is 5. The Morgan fingerprint density at radius 2 is 1.64 bits per heavy atom. The number of sulfonamides is 1. The van der Waals surface area contributed by atoms with Gasteiger partial charge in [-0.05, 0) is 24.6 Å². The lowest BCUT2D eigenvalue weighted by Crippen LogP contribution is -2.54. The van der Waals surface area contributed by atoms with E-state index in [9.17, 15) is 23.1 Å². The van der Waals surface area contributed by atoms with Crippen LogP contribution in [0.1, 0.15) is 11.1 Å². The largest absolute Gasteiger partial charge is 0.394 e. The molecule has 2 atom stereocenters. The van der Waals surface area contributed by atoms with Crippen LogP contribution in [0.5, 0.6) is 0 Å². The van der Waals surface area contributed by atoms with Crippen molar-refractivity contribution in [2.24, 2.45) is 5.73 Å². The van der Waals surface area contributed by atoms with Gasteiger partial charge in [0.1, 0.15) is 12.1 Å². The molecule has 2 aromatic carbocycles. The Bertz CT molecular complexity index is 914. The van der Waals surface area contributed by atoms with Gasteiger partial charge in [-0.25, -0.2) is 8.42 Å². The maximum absolute atomic E-state index is 12.4. The molecule has 2 amide bonds. The van der Waals surface area contributed by atoms with Crippen LogP contribution in [-0.4, -0.2) is 44.0 Å². The molecule has 0 saturated heterocycles. The summed E-state index contributed by atoms with van der Waals surface area (Å²) in [7, 11) is -4.04. The highest BCUT2D eigenvalue weighted by Crippen LogP contribution is 2.11. The number of rotatable bonds is 9. The molecule has 5 N–H and O–H groups in total. The number of carbonyl (C=O) groups excluding carboxylic acids is 2. The first-order valence-electron chi connectivity index (χ1n) is 8.56. The summed E-state index contributed by atoms with van der Waals surface area (Å²) in [5.41, 5.74) is 7.00. The second-order valence-electron chi connectivity index (χ2n) is 6.32. The quantitative estimate of drug-likeness (QED) is 0.459. The van der Waals surface area contributed by atoms with Crippen molar-refractivity contribution in [2.75, 3.05) is 6.61 Å². The normalized spacial score (nSPS) is 13.5. The van der Waals surface area contributed by atoms with Crippen molar-refractivity contribution < 1.29 is 23.1 Å². The van der Waals surface area contributed by atoms with Gasteiger partial charge in [-0.2, -0.15) is 4.72 Å². The van der Waals surface area contributed by atoms with E-state index in [-0.39, 0.29) is 11.3 Å². The molecule has 0 aliphatic rings. The van der Waals surface area contributed by atoms with E-state index >= 15 is 0 Å². The molecule has 2 aromatic rings. The molecule has 0 aliphatic heterocycles. The smallest absolute Gasteiger partial charge is 0.241 e. The zero-order valence-electron chi connectivity index (χ0n) is 15.3. The first kappa shape index (κ1) is 21.5. The SMILES string of the molecule is Cc1ccc(S(=O)(=O)N[C@@H](CO)C(=O)N[C@@H](Cc2ccccc2)C(N)=O)cc1. The summed E-state index contributed by atoms with van der Waals surface area (Å²) in [5, 5.41) is 11.9. The Balaban J connectivity index is 2.10. The van der Waals surface area contributed by atoms with Crippen LogP contribution in [0.2, 0.25) is 0 Å². The number of benzene rings is 2. The van der Waals surface area contributed by atoms with Crippen LogP contribution in [0.3, 0.4) is 0 Å². The number of amides is 2. The number of carbonyl (C=O) groups is 2. The fraction of sp³-hybridized carbons (Fsp3) is 0.263. The Kier molecular flexibility index (Phi) is 7.27. The lowest BCUT2D eigenvalue weighted by molar-refractivity contribution is -0.128. The lowest BCUT2D eigenvalue weighted by Gasteiger charge is -2.20. The predicted molar refractivity (Wildman–Crippen MR) is 104 cm³/mol. The average molecular weight is 405 g/mol. The molecule has 0 bridgehead atoms. The third kappa shape index (κ3) is 5.88. The van der Waals surface area contributed by atoms with Crippen molar-refractivity contribution in [3.63, 3.8) is 0 Å². The lowest BCUT2D eigenvalue weighted by atomic mass is 10.1. The van der Waals surface area contributed by atoms with Crippen LogP contribution in [0.15, 0.2) is 59.5 Å². The van der Waals surface area contributed by atoms with E-state index in [4.69, 9.17) is 5.73 Å². The molecule has 0 fully saturated rings. The minimum Gasteiger partial charge on any atom is -0.394 e. The predicted octanol–water partition coefficient (Wildman–Crippen LogP) is -0.153. The van der Waals surface area contributed by atoms with Gasteiger partial charge in [-0.15, -0.1) is 0 Å². The molecule has 0 heterocycles. The van der Waals surface area contributed by atoms with Crippen LogP contribution in [-0.2, 0) is 26.0 Å². The molecule has 0 radical (unpaired) electrons. The minimum atomic E-state index is -4.04. The van der Waals surface area contributed by atoms with Crippen molar-refractivity contribution >= 4 is 21.8 Å². The fourth-order valence-corrected chi connectivity index (χ4v) is 3.68. The fourth-order valence-electron chi connectivity index (χ4n) is 2.49. The van der Waals surface area contributed by atoms with E-state index in [0.717, 1.165) is 11.1 Å². The van der Waals surface area contributed by atoms with Gasteiger partial charge in [0.05, 0.1) is 11.5 Å². The molecule has 2 rings (SSSR count). The van der Waals surface area contributed by atoms with E-state index in [1.54, 1.807) is 36.4 Å². The first-order chi connectivity index (χ1) is 13.2. The van der Waals surface area contributed by atoms with Gasteiger partial charge in [0.25, 0.3) is 0 Å². The van der Waals surface area contributed by atoms with Crippen molar-refractivity contribution in [2.45, 2.75) is 30.3 Å². The maximum atomic E-state index is 12.4. The molecule has 0 saturated carbocycles. The minimum absolute atomic E-state index is 0.0416. The van der Waals surface area contributed by atoms with Crippen LogP contribution >= 0.6 is 0 Å². The second kappa shape index (κ2) is 9.45. The number of nitrogens with one attached hydrogen (secondary N) is 2.